The van der Waals surface area contributed by atoms with E-state index in [0.29, 0.717) is 0 Å². The van der Waals surface area contributed by atoms with Crippen LogP contribution in [0.5, 0.6) is 0 Å². The second kappa shape index (κ2) is 6.13. The van der Waals surface area contributed by atoms with Crippen LogP contribution in [0.2, 0.25) is 0 Å². The van der Waals surface area contributed by atoms with Gasteiger partial charge in [0, 0.05) is 0 Å². The Morgan fingerprint density at radius 3 is 2.08 bits per heavy atom. The summed E-state index contributed by atoms with van der Waals surface area (Å²) in [4.78, 5) is 11.5. The van der Waals surface area contributed by atoms with Gasteiger partial charge >= 0.3 is 0 Å². The minimum absolute atomic E-state index is 0.0316. The van der Waals surface area contributed by atoms with E-state index >= 15 is 0 Å². The van der Waals surface area contributed by atoms with Crippen LogP contribution in [0.3, 0.4) is 0 Å². The Morgan fingerprint density at radius 1 is 0.625 bits per heavy atom. The molecule has 0 amide bonds. The average Bonchev–Trinajstić information content (AvgIpc) is 2.65. The zero-order chi connectivity index (χ0) is 16.4. The Hall–Kier alpha value is -3.19. The molecule has 0 N–H and O–H groups in total. The minimum atomic E-state index is 0.0316. The number of hydrogen-bond acceptors (Lipinski definition) is 1. The molecular weight excluding hydrogens is 292 g/mol. The van der Waals surface area contributed by atoms with Crippen molar-refractivity contribution in [2.75, 3.05) is 0 Å². The van der Waals surface area contributed by atoms with Gasteiger partial charge in [-0.2, -0.15) is 0 Å². The highest BCUT2D eigenvalue weighted by molar-refractivity contribution is 6.05. The van der Waals surface area contributed by atoms with Crippen molar-refractivity contribution in [2.45, 2.75) is 0 Å². The molecule has 0 saturated heterocycles. The largest absolute Gasteiger partial charge is 0.290 e. The fourth-order valence-electron chi connectivity index (χ4n) is 3.15. The molecule has 0 unspecified atom stereocenters. The molecule has 0 spiro atoms. The van der Waals surface area contributed by atoms with Crippen molar-refractivity contribution < 1.29 is 4.79 Å². The third kappa shape index (κ3) is 2.61. The highest BCUT2D eigenvalue weighted by Crippen LogP contribution is 2.33. The summed E-state index contributed by atoms with van der Waals surface area (Å²) in [5, 5.41) is 2.42. The van der Waals surface area contributed by atoms with Crippen molar-refractivity contribution in [1.29, 1.82) is 0 Å². The second-order valence-corrected chi connectivity index (χ2v) is 5.79. The smallest absolute Gasteiger partial charge is 0.178 e. The lowest BCUT2D eigenvalue weighted by molar-refractivity contribution is -0.110. The number of carbonyl (C=O) groups excluding carboxylic acids is 1. The first-order chi connectivity index (χ1) is 11.8. The summed E-state index contributed by atoms with van der Waals surface area (Å²) in [6, 6.07) is 25.1. The maximum atomic E-state index is 11.5. The van der Waals surface area contributed by atoms with Crippen LogP contribution >= 0.6 is 0 Å². The molecule has 0 atom stereocenters. The van der Waals surface area contributed by atoms with Crippen LogP contribution in [-0.4, -0.2) is 5.78 Å². The molecule has 0 aliphatic heterocycles. The van der Waals surface area contributed by atoms with Crippen molar-refractivity contribution in [3.8, 4) is 0 Å². The molecule has 3 aromatic rings. The molecule has 114 valence electrons. The highest BCUT2D eigenvalue weighted by atomic mass is 16.1. The van der Waals surface area contributed by atoms with E-state index in [9.17, 15) is 4.79 Å². The number of rotatable bonds is 2. The molecule has 1 heteroatoms. The van der Waals surface area contributed by atoms with E-state index in [-0.39, 0.29) is 5.78 Å². The molecule has 1 nitrogen and oxygen atoms in total. The third-order valence-corrected chi connectivity index (χ3v) is 4.26. The van der Waals surface area contributed by atoms with Gasteiger partial charge in [-0.1, -0.05) is 84.9 Å². The van der Waals surface area contributed by atoms with Crippen LogP contribution in [-0.2, 0) is 4.79 Å². The zero-order valence-corrected chi connectivity index (χ0v) is 13.1. The Balaban J connectivity index is 2.04. The van der Waals surface area contributed by atoms with Gasteiger partial charge in [-0.3, -0.25) is 4.79 Å². The topological polar surface area (TPSA) is 17.1 Å². The summed E-state index contributed by atoms with van der Waals surface area (Å²) < 4.78 is 0. The predicted molar refractivity (Wildman–Crippen MR) is 99.7 cm³/mol. The number of carbonyl (C=O) groups is 1. The first-order valence-electron chi connectivity index (χ1n) is 8.01. The van der Waals surface area contributed by atoms with E-state index in [0.717, 1.165) is 16.7 Å². The van der Waals surface area contributed by atoms with Gasteiger partial charge in [0.05, 0.1) is 0 Å². The Morgan fingerprint density at radius 2 is 1.29 bits per heavy atom. The van der Waals surface area contributed by atoms with E-state index in [1.54, 1.807) is 12.2 Å². The van der Waals surface area contributed by atoms with Crippen molar-refractivity contribution in [3.63, 3.8) is 0 Å². The second-order valence-electron chi connectivity index (χ2n) is 5.79. The Labute approximate surface area is 141 Å². The van der Waals surface area contributed by atoms with Gasteiger partial charge in [-0.25, -0.2) is 0 Å². The number of ketones is 1. The highest BCUT2D eigenvalue weighted by Gasteiger charge is 2.13. The van der Waals surface area contributed by atoms with Crippen LogP contribution in [0.25, 0.3) is 16.3 Å². The Bertz CT molecular complexity index is 981. The summed E-state index contributed by atoms with van der Waals surface area (Å²) in [7, 11) is 0. The molecule has 0 heterocycles. The molecule has 1 aliphatic carbocycles. The lowest BCUT2D eigenvalue weighted by atomic mass is 9.88. The summed E-state index contributed by atoms with van der Waals surface area (Å²) in [6.45, 7) is 0. The van der Waals surface area contributed by atoms with E-state index in [1.165, 1.54) is 16.3 Å². The van der Waals surface area contributed by atoms with Crippen LogP contribution in [0, 0.1) is 0 Å². The van der Waals surface area contributed by atoms with E-state index in [1.807, 2.05) is 30.4 Å². The van der Waals surface area contributed by atoms with Crippen molar-refractivity contribution in [2.24, 2.45) is 0 Å². The van der Waals surface area contributed by atoms with Gasteiger partial charge in [0.1, 0.15) is 0 Å². The molecule has 0 bridgehead atoms. The van der Waals surface area contributed by atoms with Crippen LogP contribution in [0.15, 0.2) is 103 Å². The normalized spacial score (nSPS) is 13.5. The first kappa shape index (κ1) is 14.4. The fourth-order valence-corrected chi connectivity index (χ4v) is 3.15. The standard InChI is InChI=1S/C23H16O/c24-20-15-13-19(14-16-20)23(18-8-2-1-3-9-18)22-12-6-10-17-7-4-5-11-21(17)22/h1-16H. The third-order valence-electron chi connectivity index (χ3n) is 4.26. The number of benzene rings is 3. The summed E-state index contributed by atoms with van der Waals surface area (Å²) in [5.41, 5.74) is 4.52. The lowest BCUT2D eigenvalue weighted by Gasteiger charge is -2.15. The number of fused-ring (bicyclic) bond motifs is 1. The van der Waals surface area contributed by atoms with Crippen molar-refractivity contribution in [1.82, 2.24) is 0 Å². The molecule has 0 fully saturated rings. The summed E-state index contributed by atoms with van der Waals surface area (Å²) in [6.07, 6.45) is 7.08. The van der Waals surface area contributed by atoms with Gasteiger partial charge in [0.2, 0.25) is 0 Å². The zero-order valence-electron chi connectivity index (χ0n) is 13.1. The van der Waals surface area contributed by atoms with Crippen LogP contribution < -0.4 is 0 Å². The molecule has 3 aromatic carbocycles. The molecule has 4 rings (SSSR count). The fraction of sp³-hybridized carbons (Fsp3) is 0. The van der Waals surface area contributed by atoms with E-state index < -0.39 is 0 Å². The van der Waals surface area contributed by atoms with Crippen LogP contribution in [0.1, 0.15) is 11.1 Å². The lowest BCUT2D eigenvalue weighted by Crippen LogP contribution is -1.98. The average molecular weight is 308 g/mol. The van der Waals surface area contributed by atoms with Crippen molar-refractivity contribution in [3.05, 3.63) is 114 Å². The SMILES string of the molecule is O=C1C=CC(=C(c2ccccc2)c2cccc3ccccc23)C=C1. The van der Waals surface area contributed by atoms with Gasteiger partial charge in [0.15, 0.2) is 5.78 Å². The molecule has 0 radical (unpaired) electrons. The quantitative estimate of drug-likeness (QED) is 0.625. The summed E-state index contributed by atoms with van der Waals surface area (Å²) in [5.74, 6) is 0.0316. The predicted octanol–water partition coefficient (Wildman–Crippen LogP) is 5.34. The van der Waals surface area contributed by atoms with E-state index in [2.05, 4.69) is 54.6 Å². The summed E-state index contributed by atoms with van der Waals surface area (Å²) >= 11 is 0. The minimum Gasteiger partial charge on any atom is -0.290 e. The molecule has 24 heavy (non-hydrogen) atoms. The Kier molecular flexibility index (Phi) is 3.68. The monoisotopic (exact) mass is 308 g/mol. The van der Waals surface area contributed by atoms with Crippen LogP contribution in [0.4, 0.5) is 0 Å². The number of allylic oxidation sites excluding steroid dienone is 5. The maximum absolute atomic E-state index is 11.5. The van der Waals surface area contributed by atoms with Gasteiger partial charge in [-0.05, 0) is 45.2 Å². The van der Waals surface area contributed by atoms with Gasteiger partial charge < -0.3 is 0 Å². The molecule has 1 aliphatic rings. The molecule has 0 aromatic heterocycles. The van der Waals surface area contributed by atoms with E-state index in [4.69, 9.17) is 0 Å². The molecular formula is C23H16O. The first-order valence-corrected chi connectivity index (χ1v) is 8.01. The van der Waals surface area contributed by atoms with Gasteiger partial charge in [0.25, 0.3) is 0 Å². The van der Waals surface area contributed by atoms with Crippen molar-refractivity contribution >= 4 is 22.1 Å². The number of hydrogen-bond donors (Lipinski definition) is 0. The molecule has 0 saturated carbocycles. The maximum Gasteiger partial charge on any atom is 0.178 e. The van der Waals surface area contributed by atoms with Gasteiger partial charge in [-0.15, -0.1) is 0 Å².